The van der Waals surface area contributed by atoms with Gasteiger partial charge < -0.3 is 10.1 Å². The van der Waals surface area contributed by atoms with Crippen molar-refractivity contribution in [3.63, 3.8) is 0 Å². The van der Waals surface area contributed by atoms with Crippen LogP contribution in [0.1, 0.15) is 29.5 Å². The highest BCUT2D eigenvalue weighted by atomic mass is 16.5. The number of hydrogen-bond donors (Lipinski definition) is 1. The van der Waals surface area contributed by atoms with Gasteiger partial charge in [0.15, 0.2) is 0 Å². The van der Waals surface area contributed by atoms with Gasteiger partial charge in [-0.2, -0.15) is 0 Å². The van der Waals surface area contributed by atoms with Crippen LogP contribution < -0.4 is 10.1 Å². The van der Waals surface area contributed by atoms with Gasteiger partial charge in [-0.05, 0) is 56.1 Å². The number of amides is 1. The Kier molecular flexibility index (Phi) is 6.29. The number of piperidine rings is 1. The monoisotopic (exact) mass is 352 g/mol. The molecule has 1 N–H and O–H groups in total. The molecule has 26 heavy (non-hydrogen) atoms. The van der Waals surface area contributed by atoms with Crippen molar-refractivity contribution in [3.05, 3.63) is 65.2 Å². The summed E-state index contributed by atoms with van der Waals surface area (Å²) in [6.07, 6.45) is 1.85. The lowest BCUT2D eigenvalue weighted by Crippen LogP contribution is -2.40. The normalized spacial score (nSPS) is 15.6. The van der Waals surface area contributed by atoms with Crippen molar-refractivity contribution in [2.45, 2.75) is 32.9 Å². The fourth-order valence-corrected chi connectivity index (χ4v) is 3.38. The highest BCUT2D eigenvalue weighted by Crippen LogP contribution is 2.20. The van der Waals surface area contributed by atoms with E-state index in [1.165, 1.54) is 11.1 Å². The largest absolute Gasteiger partial charge is 0.497 e. The number of hydrogen-bond acceptors (Lipinski definition) is 3. The van der Waals surface area contributed by atoms with Gasteiger partial charge in [0.2, 0.25) is 5.91 Å². The zero-order valence-electron chi connectivity index (χ0n) is 15.7. The van der Waals surface area contributed by atoms with Crippen molar-refractivity contribution in [2.75, 3.05) is 20.2 Å². The minimum absolute atomic E-state index is 0.132. The van der Waals surface area contributed by atoms with Gasteiger partial charge in [-0.25, -0.2) is 0 Å². The Bertz CT molecular complexity index is 702. The second-order valence-corrected chi connectivity index (χ2v) is 7.10. The standard InChI is InChI=1S/C22H28N2O2/c1-17-3-5-18(6-4-17)15-23-22(25)20-11-13-24(14-12-20)16-19-7-9-21(26-2)10-8-19/h3-10,20H,11-16H2,1-2H3,(H,23,25). The molecule has 2 aromatic rings. The second kappa shape index (κ2) is 8.86. The van der Waals surface area contributed by atoms with Crippen LogP contribution in [0, 0.1) is 12.8 Å². The molecule has 0 saturated carbocycles. The summed E-state index contributed by atoms with van der Waals surface area (Å²) < 4.78 is 5.20. The molecule has 2 aromatic carbocycles. The molecule has 1 heterocycles. The maximum Gasteiger partial charge on any atom is 0.223 e. The van der Waals surface area contributed by atoms with Crippen LogP contribution in [-0.2, 0) is 17.9 Å². The van der Waals surface area contributed by atoms with E-state index in [0.717, 1.165) is 43.8 Å². The van der Waals surface area contributed by atoms with Crippen molar-refractivity contribution in [2.24, 2.45) is 5.92 Å². The lowest BCUT2D eigenvalue weighted by molar-refractivity contribution is -0.126. The third-order valence-corrected chi connectivity index (χ3v) is 5.11. The topological polar surface area (TPSA) is 41.6 Å². The molecule has 0 bridgehead atoms. The van der Waals surface area contributed by atoms with E-state index >= 15 is 0 Å². The Morgan fingerprint density at radius 1 is 1.04 bits per heavy atom. The number of nitrogens with one attached hydrogen (secondary N) is 1. The lowest BCUT2D eigenvalue weighted by Gasteiger charge is -2.31. The van der Waals surface area contributed by atoms with Crippen LogP contribution in [0.4, 0.5) is 0 Å². The van der Waals surface area contributed by atoms with Crippen LogP contribution in [0.3, 0.4) is 0 Å². The highest BCUT2D eigenvalue weighted by Gasteiger charge is 2.24. The van der Waals surface area contributed by atoms with Gasteiger partial charge in [0, 0.05) is 19.0 Å². The fraction of sp³-hybridized carbons (Fsp3) is 0.409. The number of carbonyl (C=O) groups excluding carboxylic acids is 1. The molecule has 0 atom stereocenters. The minimum Gasteiger partial charge on any atom is -0.497 e. The molecule has 1 fully saturated rings. The number of likely N-dealkylation sites (tertiary alicyclic amines) is 1. The maximum atomic E-state index is 12.4. The van der Waals surface area contributed by atoms with Crippen molar-refractivity contribution in [1.82, 2.24) is 10.2 Å². The average molecular weight is 352 g/mol. The smallest absolute Gasteiger partial charge is 0.223 e. The number of benzene rings is 2. The quantitative estimate of drug-likeness (QED) is 0.865. The number of rotatable bonds is 6. The molecule has 4 heteroatoms. The Hall–Kier alpha value is -2.33. The second-order valence-electron chi connectivity index (χ2n) is 7.10. The van der Waals surface area contributed by atoms with E-state index in [9.17, 15) is 4.79 Å². The summed E-state index contributed by atoms with van der Waals surface area (Å²) in [6, 6.07) is 16.5. The SMILES string of the molecule is COc1ccc(CN2CCC(C(=O)NCc3ccc(C)cc3)CC2)cc1. The zero-order valence-corrected chi connectivity index (χ0v) is 15.7. The van der Waals surface area contributed by atoms with Gasteiger partial charge in [-0.15, -0.1) is 0 Å². The molecule has 0 unspecified atom stereocenters. The first-order valence-electron chi connectivity index (χ1n) is 9.32. The fourth-order valence-electron chi connectivity index (χ4n) is 3.38. The molecule has 0 aromatic heterocycles. The summed E-state index contributed by atoms with van der Waals surface area (Å²) in [5.74, 6) is 1.21. The molecule has 1 aliphatic rings. The first-order valence-corrected chi connectivity index (χ1v) is 9.32. The first-order chi connectivity index (χ1) is 12.6. The van der Waals surface area contributed by atoms with Crippen LogP contribution in [-0.4, -0.2) is 31.0 Å². The minimum atomic E-state index is 0.132. The molecule has 0 aliphatic carbocycles. The van der Waals surface area contributed by atoms with Gasteiger partial charge in [-0.1, -0.05) is 42.0 Å². The lowest BCUT2D eigenvalue weighted by atomic mass is 9.95. The van der Waals surface area contributed by atoms with Crippen LogP contribution >= 0.6 is 0 Å². The van der Waals surface area contributed by atoms with E-state index in [1.807, 2.05) is 12.1 Å². The number of ether oxygens (including phenoxy) is 1. The molecule has 1 aliphatic heterocycles. The summed E-state index contributed by atoms with van der Waals surface area (Å²) >= 11 is 0. The molecule has 0 radical (unpaired) electrons. The van der Waals surface area contributed by atoms with Crippen molar-refractivity contribution in [1.29, 1.82) is 0 Å². The Morgan fingerprint density at radius 3 is 2.27 bits per heavy atom. The molecule has 1 saturated heterocycles. The molecule has 0 spiro atoms. The maximum absolute atomic E-state index is 12.4. The van der Waals surface area contributed by atoms with E-state index in [1.54, 1.807) is 7.11 Å². The van der Waals surface area contributed by atoms with Gasteiger partial charge in [0.05, 0.1) is 7.11 Å². The molecule has 1 amide bonds. The molecular formula is C22H28N2O2. The van der Waals surface area contributed by atoms with Crippen molar-refractivity contribution in [3.8, 4) is 5.75 Å². The summed E-state index contributed by atoms with van der Waals surface area (Å²) in [5, 5.41) is 3.09. The third-order valence-electron chi connectivity index (χ3n) is 5.11. The van der Waals surface area contributed by atoms with Gasteiger partial charge in [0.25, 0.3) is 0 Å². The Labute approximate surface area is 156 Å². The zero-order chi connectivity index (χ0) is 18.4. The molecule has 4 nitrogen and oxygen atoms in total. The average Bonchev–Trinajstić information content (AvgIpc) is 2.68. The van der Waals surface area contributed by atoms with Crippen LogP contribution in [0.15, 0.2) is 48.5 Å². The van der Waals surface area contributed by atoms with Crippen LogP contribution in [0.5, 0.6) is 5.75 Å². The van der Waals surface area contributed by atoms with Gasteiger partial charge in [0.1, 0.15) is 5.75 Å². The highest BCUT2D eigenvalue weighted by molar-refractivity contribution is 5.78. The number of methoxy groups -OCH3 is 1. The van der Waals surface area contributed by atoms with Crippen molar-refractivity contribution < 1.29 is 9.53 Å². The summed E-state index contributed by atoms with van der Waals surface area (Å²) in [6.45, 7) is 5.55. The first kappa shape index (κ1) is 18.5. The van der Waals surface area contributed by atoms with Crippen molar-refractivity contribution >= 4 is 5.91 Å². The van der Waals surface area contributed by atoms with Gasteiger partial charge >= 0.3 is 0 Å². The number of nitrogens with zero attached hydrogens (tertiary/aromatic N) is 1. The molecule has 138 valence electrons. The van der Waals surface area contributed by atoms with E-state index in [2.05, 4.69) is 53.5 Å². The third kappa shape index (κ3) is 5.09. The summed E-state index contributed by atoms with van der Waals surface area (Å²) in [4.78, 5) is 14.9. The van der Waals surface area contributed by atoms with Crippen LogP contribution in [0.2, 0.25) is 0 Å². The van der Waals surface area contributed by atoms with E-state index < -0.39 is 0 Å². The van der Waals surface area contributed by atoms with Crippen LogP contribution in [0.25, 0.3) is 0 Å². The number of aryl methyl sites for hydroxylation is 1. The van der Waals surface area contributed by atoms with E-state index in [-0.39, 0.29) is 11.8 Å². The van der Waals surface area contributed by atoms with E-state index in [0.29, 0.717) is 6.54 Å². The predicted molar refractivity (Wildman–Crippen MR) is 104 cm³/mol. The van der Waals surface area contributed by atoms with E-state index in [4.69, 9.17) is 4.74 Å². The number of carbonyl (C=O) groups is 1. The Balaban J connectivity index is 1.42. The summed E-state index contributed by atoms with van der Waals surface area (Å²) in [5.41, 5.74) is 3.68. The Morgan fingerprint density at radius 2 is 1.65 bits per heavy atom. The van der Waals surface area contributed by atoms with Gasteiger partial charge in [-0.3, -0.25) is 9.69 Å². The molecule has 3 rings (SSSR count). The summed E-state index contributed by atoms with van der Waals surface area (Å²) in [7, 11) is 1.68. The molecular weight excluding hydrogens is 324 g/mol. The predicted octanol–water partition coefficient (Wildman–Crippen LogP) is 3.53.